The highest BCUT2D eigenvalue weighted by molar-refractivity contribution is 5.92. The third-order valence-electron chi connectivity index (χ3n) is 3.18. The molecule has 4 nitrogen and oxygen atoms in total. The molecule has 2 rings (SSSR count). The average Bonchev–Trinajstić information content (AvgIpc) is 2.64. The number of ether oxygens (including phenoxy) is 2. The molecule has 0 bridgehead atoms. The number of esters is 1. The van der Waals surface area contributed by atoms with Gasteiger partial charge >= 0.3 is 5.97 Å². The minimum absolute atomic E-state index is 0.200. The molecule has 0 fully saturated rings. The molecular weight excluding hydrogens is 304 g/mol. The van der Waals surface area contributed by atoms with E-state index in [2.05, 4.69) is 23.7 Å². The van der Waals surface area contributed by atoms with Gasteiger partial charge in [-0.05, 0) is 30.3 Å². The highest BCUT2D eigenvalue weighted by Crippen LogP contribution is 2.20. The number of aliphatic hydroxyl groups is 1. The lowest BCUT2D eigenvalue weighted by molar-refractivity contribution is 0.0597. The van der Waals surface area contributed by atoms with Gasteiger partial charge in [-0.15, -0.1) is 0 Å². The van der Waals surface area contributed by atoms with Crippen LogP contribution in [0, 0.1) is 23.7 Å². The van der Waals surface area contributed by atoms with Crippen LogP contribution in [0.4, 0.5) is 0 Å². The Kier molecular flexibility index (Phi) is 6.02. The molecule has 0 atom stereocenters. The van der Waals surface area contributed by atoms with Crippen LogP contribution in [0.15, 0.2) is 42.5 Å². The van der Waals surface area contributed by atoms with E-state index in [9.17, 15) is 4.79 Å². The summed E-state index contributed by atoms with van der Waals surface area (Å²) < 4.78 is 9.93. The quantitative estimate of drug-likeness (QED) is 0.681. The predicted octanol–water partition coefficient (Wildman–Crippen LogP) is 2.23. The summed E-state index contributed by atoms with van der Waals surface area (Å²) in [6, 6.07) is 12.5. The van der Waals surface area contributed by atoms with E-state index in [1.165, 1.54) is 14.2 Å². The van der Waals surface area contributed by atoms with Gasteiger partial charge in [-0.3, -0.25) is 0 Å². The fraction of sp³-hybridized carbons (Fsp3) is 0.150. The van der Waals surface area contributed by atoms with Gasteiger partial charge in [0.15, 0.2) is 0 Å². The maximum absolute atomic E-state index is 11.7. The van der Waals surface area contributed by atoms with Crippen molar-refractivity contribution in [3.63, 3.8) is 0 Å². The zero-order chi connectivity index (χ0) is 17.4. The molecule has 0 aromatic heterocycles. The Bertz CT molecular complexity index is 860. The first kappa shape index (κ1) is 17.1. The van der Waals surface area contributed by atoms with E-state index in [4.69, 9.17) is 14.6 Å². The average molecular weight is 320 g/mol. The standard InChI is InChI=1S/C20H16O4/c1-23-19-14-15(10-12-18(19)20(22)24-2)9-11-17-7-4-3-6-16(17)8-5-13-21/h3-4,6-7,10,12,14,21H,13H2,1-2H3. The van der Waals surface area contributed by atoms with Crippen LogP contribution in [-0.4, -0.2) is 31.9 Å². The van der Waals surface area contributed by atoms with Crippen molar-refractivity contribution in [2.75, 3.05) is 20.8 Å². The molecule has 0 aliphatic rings. The molecule has 24 heavy (non-hydrogen) atoms. The van der Waals surface area contributed by atoms with Crippen molar-refractivity contribution in [2.45, 2.75) is 0 Å². The minimum atomic E-state index is -0.462. The van der Waals surface area contributed by atoms with Gasteiger partial charge in [0.05, 0.1) is 14.2 Å². The lowest BCUT2D eigenvalue weighted by atomic mass is 10.1. The summed E-state index contributed by atoms with van der Waals surface area (Å²) in [5.74, 6) is 11.5. The molecule has 0 aliphatic carbocycles. The lowest BCUT2D eigenvalue weighted by Crippen LogP contribution is -2.04. The first-order valence-electron chi connectivity index (χ1n) is 7.16. The first-order valence-corrected chi connectivity index (χ1v) is 7.16. The summed E-state index contributed by atoms with van der Waals surface area (Å²) in [6.07, 6.45) is 0. The van der Waals surface area contributed by atoms with E-state index >= 15 is 0 Å². The van der Waals surface area contributed by atoms with Crippen LogP contribution in [0.5, 0.6) is 5.75 Å². The SMILES string of the molecule is COC(=O)c1ccc(C#Cc2ccccc2C#CCO)cc1OC. The monoisotopic (exact) mass is 320 g/mol. The fourth-order valence-corrected chi connectivity index (χ4v) is 2.02. The van der Waals surface area contributed by atoms with Crippen LogP contribution in [0.2, 0.25) is 0 Å². The van der Waals surface area contributed by atoms with Crippen LogP contribution >= 0.6 is 0 Å². The van der Waals surface area contributed by atoms with Gasteiger partial charge < -0.3 is 14.6 Å². The van der Waals surface area contributed by atoms with Crippen molar-refractivity contribution in [3.05, 3.63) is 64.7 Å². The maximum Gasteiger partial charge on any atom is 0.341 e. The summed E-state index contributed by atoms with van der Waals surface area (Å²) >= 11 is 0. The number of rotatable bonds is 2. The van der Waals surface area contributed by atoms with Crippen LogP contribution < -0.4 is 4.74 Å². The number of hydrogen-bond donors (Lipinski definition) is 1. The molecule has 0 amide bonds. The Morgan fingerprint density at radius 3 is 2.38 bits per heavy atom. The van der Waals surface area contributed by atoms with Crippen molar-refractivity contribution < 1.29 is 19.4 Å². The minimum Gasteiger partial charge on any atom is -0.496 e. The van der Waals surface area contributed by atoms with Crippen molar-refractivity contribution >= 4 is 5.97 Å². The van der Waals surface area contributed by atoms with Gasteiger partial charge in [0.2, 0.25) is 0 Å². The third kappa shape index (κ3) is 4.16. The lowest BCUT2D eigenvalue weighted by Gasteiger charge is -2.06. The van der Waals surface area contributed by atoms with Gasteiger partial charge in [-0.1, -0.05) is 35.8 Å². The van der Waals surface area contributed by atoms with Crippen molar-refractivity contribution in [1.82, 2.24) is 0 Å². The van der Waals surface area contributed by atoms with Crippen LogP contribution in [0.25, 0.3) is 0 Å². The summed E-state index contributed by atoms with van der Waals surface area (Å²) in [4.78, 5) is 11.7. The van der Waals surface area contributed by atoms with E-state index in [0.29, 0.717) is 16.9 Å². The Labute approximate surface area is 141 Å². The molecule has 0 saturated heterocycles. The van der Waals surface area contributed by atoms with Crippen molar-refractivity contribution in [1.29, 1.82) is 0 Å². The maximum atomic E-state index is 11.7. The smallest absolute Gasteiger partial charge is 0.341 e. The second-order valence-electron chi connectivity index (χ2n) is 4.66. The van der Waals surface area contributed by atoms with Crippen LogP contribution in [0.1, 0.15) is 27.0 Å². The predicted molar refractivity (Wildman–Crippen MR) is 90.7 cm³/mol. The molecule has 1 N–H and O–H groups in total. The molecule has 0 unspecified atom stereocenters. The number of methoxy groups -OCH3 is 2. The topological polar surface area (TPSA) is 55.8 Å². The molecular formula is C20H16O4. The summed E-state index contributed by atoms with van der Waals surface area (Å²) in [7, 11) is 2.80. The Hall–Kier alpha value is -3.21. The van der Waals surface area contributed by atoms with Gasteiger partial charge in [-0.25, -0.2) is 4.79 Å². The number of carbonyl (C=O) groups excluding carboxylic acids is 1. The van der Waals surface area contributed by atoms with Crippen LogP contribution in [-0.2, 0) is 4.74 Å². The second-order valence-corrected chi connectivity index (χ2v) is 4.66. The Morgan fingerprint density at radius 2 is 1.75 bits per heavy atom. The molecule has 0 spiro atoms. The molecule has 4 heteroatoms. The molecule has 0 saturated carbocycles. The van der Waals surface area contributed by atoms with Gasteiger partial charge in [-0.2, -0.15) is 0 Å². The van der Waals surface area contributed by atoms with Crippen LogP contribution in [0.3, 0.4) is 0 Å². The number of benzene rings is 2. The highest BCUT2D eigenvalue weighted by Gasteiger charge is 2.12. The second kappa shape index (κ2) is 8.43. The Morgan fingerprint density at radius 1 is 1.04 bits per heavy atom. The van der Waals surface area contributed by atoms with E-state index < -0.39 is 5.97 Å². The molecule has 0 heterocycles. The van der Waals surface area contributed by atoms with E-state index in [1.54, 1.807) is 18.2 Å². The van der Waals surface area contributed by atoms with Gasteiger partial charge in [0.25, 0.3) is 0 Å². The molecule has 2 aromatic rings. The summed E-state index contributed by atoms with van der Waals surface area (Å²) in [5.41, 5.74) is 2.55. The van der Waals surface area contributed by atoms with E-state index in [-0.39, 0.29) is 6.61 Å². The summed E-state index contributed by atoms with van der Waals surface area (Å²) in [5, 5.41) is 8.81. The zero-order valence-corrected chi connectivity index (χ0v) is 13.4. The molecule has 0 radical (unpaired) electrons. The molecule has 0 aliphatic heterocycles. The number of carbonyl (C=O) groups is 1. The normalized spacial score (nSPS) is 9.12. The van der Waals surface area contributed by atoms with Gasteiger partial charge in [0, 0.05) is 16.7 Å². The largest absolute Gasteiger partial charge is 0.496 e. The van der Waals surface area contributed by atoms with E-state index in [1.807, 2.05) is 24.3 Å². The molecule has 120 valence electrons. The summed E-state index contributed by atoms with van der Waals surface area (Å²) in [6.45, 7) is -0.200. The number of aliphatic hydroxyl groups excluding tert-OH is 1. The van der Waals surface area contributed by atoms with E-state index in [0.717, 1.165) is 11.1 Å². The Balaban J connectivity index is 2.37. The fourth-order valence-electron chi connectivity index (χ4n) is 2.02. The highest BCUT2D eigenvalue weighted by atomic mass is 16.5. The molecule has 2 aromatic carbocycles. The van der Waals surface area contributed by atoms with Gasteiger partial charge in [0.1, 0.15) is 17.9 Å². The van der Waals surface area contributed by atoms with Crippen molar-refractivity contribution in [3.8, 4) is 29.4 Å². The number of hydrogen-bond acceptors (Lipinski definition) is 4. The van der Waals surface area contributed by atoms with Crippen molar-refractivity contribution in [2.24, 2.45) is 0 Å². The third-order valence-corrected chi connectivity index (χ3v) is 3.18. The zero-order valence-electron chi connectivity index (χ0n) is 13.4. The first-order chi connectivity index (χ1) is 11.7.